The van der Waals surface area contributed by atoms with Gasteiger partial charge in [-0.2, -0.15) is 0 Å². The predicted molar refractivity (Wildman–Crippen MR) is 74.0 cm³/mol. The van der Waals surface area contributed by atoms with Crippen LogP contribution in [0.15, 0.2) is 36.7 Å². The first-order chi connectivity index (χ1) is 8.76. The fourth-order valence-corrected chi connectivity index (χ4v) is 2.22. The number of aryl methyl sites for hydroxylation is 1. The van der Waals surface area contributed by atoms with Crippen LogP contribution in [-0.2, 0) is 0 Å². The van der Waals surface area contributed by atoms with Gasteiger partial charge < -0.3 is 15.5 Å². The number of nitrogens with two attached hydrogens (primary N) is 1. The molecule has 1 aromatic carbocycles. The lowest BCUT2D eigenvalue weighted by Crippen LogP contribution is -2.13. The van der Waals surface area contributed by atoms with Gasteiger partial charge in [-0.15, -0.1) is 0 Å². The Labute approximate surface area is 108 Å². The van der Waals surface area contributed by atoms with Crippen molar-refractivity contribution in [2.24, 2.45) is 5.73 Å². The van der Waals surface area contributed by atoms with E-state index in [1.54, 1.807) is 0 Å². The smallest absolute Gasteiger partial charge is 0.122 e. The molecular formula is C15H20N2O. The molecule has 0 bridgehead atoms. The minimum Gasteiger partial charge on any atom is -0.494 e. The lowest BCUT2D eigenvalue weighted by Gasteiger charge is -2.16. The van der Waals surface area contributed by atoms with E-state index in [1.807, 2.05) is 25.4 Å². The fraction of sp³-hybridized carbons (Fsp3) is 0.333. The molecule has 1 heterocycles. The van der Waals surface area contributed by atoms with E-state index >= 15 is 0 Å². The molecule has 1 atom stereocenters. The van der Waals surface area contributed by atoms with Gasteiger partial charge in [0.15, 0.2) is 0 Å². The van der Waals surface area contributed by atoms with Crippen LogP contribution in [0.3, 0.4) is 0 Å². The van der Waals surface area contributed by atoms with E-state index in [0.29, 0.717) is 13.2 Å². The van der Waals surface area contributed by atoms with E-state index in [-0.39, 0.29) is 5.92 Å². The van der Waals surface area contributed by atoms with Gasteiger partial charge in [0.2, 0.25) is 0 Å². The summed E-state index contributed by atoms with van der Waals surface area (Å²) in [4.78, 5) is 3.08. The van der Waals surface area contributed by atoms with Crippen molar-refractivity contribution in [1.82, 2.24) is 4.98 Å². The standard InChI is InChI=1S/C15H20N2O/c1-3-18-15-5-4-12(8-11(15)2)14(9-16)13-6-7-17-10-13/h4-8,10,14,17H,3,9,16H2,1-2H3. The van der Waals surface area contributed by atoms with Crippen LogP contribution >= 0.6 is 0 Å². The van der Waals surface area contributed by atoms with Gasteiger partial charge in [-0.05, 0) is 42.7 Å². The number of aromatic amines is 1. The highest BCUT2D eigenvalue weighted by atomic mass is 16.5. The van der Waals surface area contributed by atoms with E-state index in [9.17, 15) is 0 Å². The third-order valence-electron chi connectivity index (χ3n) is 3.16. The van der Waals surface area contributed by atoms with E-state index < -0.39 is 0 Å². The van der Waals surface area contributed by atoms with Crippen molar-refractivity contribution >= 4 is 0 Å². The molecule has 0 radical (unpaired) electrons. The van der Waals surface area contributed by atoms with Crippen LogP contribution < -0.4 is 10.5 Å². The van der Waals surface area contributed by atoms with Crippen LogP contribution in [0.5, 0.6) is 5.75 Å². The zero-order valence-electron chi connectivity index (χ0n) is 10.9. The minimum absolute atomic E-state index is 0.241. The van der Waals surface area contributed by atoms with Crippen LogP contribution in [0.1, 0.15) is 29.5 Å². The molecule has 3 heteroatoms. The minimum atomic E-state index is 0.241. The predicted octanol–water partition coefficient (Wildman–Crippen LogP) is 2.81. The summed E-state index contributed by atoms with van der Waals surface area (Å²) in [7, 11) is 0. The third kappa shape index (κ3) is 2.57. The van der Waals surface area contributed by atoms with Crippen molar-refractivity contribution in [3.63, 3.8) is 0 Å². The Morgan fingerprint density at radius 3 is 2.67 bits per heavy atom. The maximum atomic E-state index is 5.90. The molecule has 3 N–H and O–H groups in total. The molecular weight excluding hydrogens is 224 g/mol. The molecule has 1 aromatic heterocycles. The Bertz CT molecular complexity index is 491. The number of ether oxygens (including phenoxy) is 1. The second-order valence-electron chi connectivity index (χ2n) is 4.39. The second kappa shape index (κ2) is 5.74. The molecule has 0 saturated carbocycles. The Kier molecular flexibility index (Phi) is 4.05. The summed E-state index contributed by atoms with van der Waals surface area (Å²) in [5.74, 6) is 1.19. The van der Waals surface area contributed by atoms with Crippen LogP contribution in [0, 0.1) is 6.92 Å². The van der Waals surface area contributed by atoms with Crippen molar-refractivity contribution in [1.29, 1.82) is 0 Å². The van der Waals surface area contributed by atoms with E-state index in [2.05, 4.69) is 30.1 Å². The summed E-state index contributed by atoms with van der Waals surface area (Å²) in [5.41, 5.74) is 9.51. The monoisotopic (exact) mass is 244 g/mol. The Morgan fingerprint density at radius 2 is 2.11 bits per heavy atom. The van der Waals surface area contributed by atoms with Gasteiger partial charge in [-0.25, -0.2) is 0 Å². The number of H-pyrrole nitrogens is 1. The quantitative estimate of drug-likeness (QED) is 0.849. The van der Waals surface area contributed by atoms with Gasteiger partial charge in [-0.3, -0.25) is 0 Å². The molecule has 18 heavy (non-hydrogen) atoms. The largest absolute Gasteiger partial charge is 0.494 e. The SMILES string of the molecule is CCOc1ccc(C(CN)c2cc[nH]c2)cc1C. The summed E-state index contributed by atoms with van der Waals surface area (Å²) < 4.78 is 5.56. The molecule has 0 aliphatic rings. The number of benzene rings is 1. The van der Waals surface area contributed by atoms with E-state index in [0.717, 1.165) is 11.3 Å². The highest BCUT2D eigenvalue weighted by Gasteiger charge is 2.13. The molecule has 0 amide bonds. The highest BCUT2D eigenvalue weighted by molar-refractivity contribution is 5.41. The Morgan fingerprint density at radius 1 is 1.28 bits per heavy atom. The summed E-state index contributed by atoms with van der Waals surface area (Å²) in [5, 5.41) is 0. The molecule has 0 saturated heterocycles. The molecule has 2 rings (SSSR count). The highest BCUT2D eigenvalue weighted by Crippen LogP contribution is 2.27. The molecule has 3 nitrogen and oxygen atoms in total. The maximum absolute atomic E-state index is 5.90. The molecule has 0 fully saturated rings. The average molecular weight is 244 g/mol. The van der Waals surface area contributed by atoms with Crippen molar-refractivity contribution in [3.8, 4) is 5.75 Å². The Hall–Kier alpha value is -1.74. The molecule has 96 valence electrons. The van der Waals surface area contributed by atoms with Crippen LogP contribution in [0.4, 0.5) is 0 Å². The third-order valence-corrected chi connectivity index (χ3v) is 3.16. The topological polar surface area (TPSA) is 51.0 Å². The lowest BCUT2D eigenvalue weighted by molar-refractivity contribution is 0.338. The first-order valence-electron chi connectivity index (χ1n) is 6.32. The number of aromatic nitrogens is 1. The molecule has 0 spiro atoms. The van der Waals surface area contributed by atoms with E-state index in [4.69, 9.17) is 10.5 Å². The molecule has 0 aliphatic carbocycles. The van der Waals surface area contributed by atoms with Gasteiger partial charge in [0.25, 0.3) is 0 Å². The number of rotatable bonds is 5. The summed E-state index contributed by atoms with van der Waals surface area (Å²) in [6, 6.07) is 8.37. The second-order valence-corrected chi connectivity index (χ2v) is 4.39. The van der Waals surface area contributed by atoms with Crippen LogP contribution in [0.2, 0.25) is 0 Å². The number of nitrogens with one attached hydrogen (secondary N) is 1. The van der Waals surface area contributed by atoms with Gasteiger partial charge in [0.1, 0.15) is 5.75 Å². The fourth-order valence-electron chi connectivity index (χ4n) is 2.22. The van der Waals surface area contributed by atoms with Crippen molar-refractivity contribution in [3.05, 3.63) is 53.3 Å². The van der Waals surface area contributed by atoms with Gasteiger partial charge in [0, 0.05) is 24.9 Å². The summed E-state index contributed by atoms with van der Waals surface area (Å²) >= 11 is 0. The summed E-state index contributed by atoms with van der Waals surface area (Å²) in [6.45, 7) is 5.36. The van der Waals surface area contributed by atoms with E-state index in [1.165, 1.54) is 11.1 Å². The van der Waals surface area contributed by atoms with Gasteiger partial charge in [0.05, 0.1) is 6.61 Å². The van der Waals surface area contributed by atoms with Crippen molar-refractivity contribution in [2.45, 2.75) is 19.8 Å². The first-order valence-corrected chi connectivity index (χ1v) is 6.32. The molecule has 2 aromatic rings. The molecule has 1 unspecified atom stereocenters. The Balaban J connectivity index is 2.30. The zero-order chi connectivity index (χ0) is 13.0. The maximum Gasteiger partial charge on any atom is 0.122 e. The average Bonchev–Trinajstić information content (AvgIpc) is 2.87. The number of hydrogen-bond donors (Lipinski definition) is 2. The molecule has 0 aliphatic heterocycles. The normalized spacial score (nSPS) is 12.4. The van der Waals surface area contributed by atoms with Gasteiger partial charge >= 0.3 is 0 Å². The number of hydrogen-bond acceptors (Lipinski definition) is 2. The van der Waals surface area contributed by atoms with Crippen molar-refractivity contribution in [2.75, 3.05) is 13.2 Å². The zero-order valence-corrected chi connectivity index (χ0v) is 10.9. The van der Waals surface area contributed by atoms with Crippen LogP contribution in [0.25, 0.3) is 0 Å². The van der Waals surface area contributed by atoms with Crippen molar-refractivity contribution < 1.29 is 4.74 Å². The first kappa shape index (κ1) is 12.7. The lowest BCUT2D eigenvalue weighted by atomic mass is 9.92. The van der Waals surface area contributed by atoms with Gasteiger partial charge in [-0.1, -0.05) is 12.1 Å². The van der Waals surface area contributed by atoms with Crippen LogP contribution in [-0.4, -0.2) is 18.1 Å². The summed E-state index contributed by atoms with van der Waals surface area (Å²) in [6.07, 6.45) is 3.93.